The molecule has 0 saturated heterocycles. The first-order valence-electron chi connectivity index (χ1n) is 9.83. The number of ether oxygens (including phenoxy) is 1. The van der Waals surface area contributed by atoms with Crippen molar-refractivity contribution in [3.8, 4) is 0 Å². The second kappa shape index (κ2) is 9.33. The molecule has 0 aliphatic rings. The highest BCUT2D eigenvalue weighted by Crippen LogP contribution is 2.18. The van der Waals surface area contributed by atoms with Crippen LogP contribution in [-0.4, -0.2) is 37.4 Å². The molecule has 0 unspecified atom stereocenters. The van der Waals surface area contributed by atoms with Gasteiger partial charge in [0.1, 0.15) is 0 Å². The van der Waals surface area contributed by atoms with Gasteiger partial charge >= 0.3 is 5.97 Å². The SMILES string of the molecule is CC(C)NS(=O)(=O)c1ccc(NC(=O)[C@@H](C)OC(=O)c2cc(=O)[nH]c3ccccc23)cc1. The van der Waals surface area contributed by atoms with Gasteiger partial charge in [0.05, 0.1) is 10.5 Å². The fourth-order valence-corrected chi connectivity index (χ4v) is 4.24. The lowest BCUT2D eigenvalue weighted by molar-refractivity contribution is -0.123. The number of hydrogen-bond acceptors (Lipinski definition) is 6. The van der Waals surface area contributed by atoms with Crippen molar-refractivity contribution in [2.75, 3.05) is 5.32 Å². The zero-order valence-electron chi connectivity index (χ0n) is 17.7. The van der Waals surface area contributed by atoms with Crippen molar-refractivity contribution in [3.05, 3.63) is 70.5 Å². The summed E-state index contributed by atoms with van der Waals surface area (Å²) in [7, 11) is -3.65. The van der Waals surface area contributed by atoms with Gasteiger partial charge in [-0.2, -0.15) is 0 Å². The number of benzene rings is 2. The summed E-state index contributed by atoms with van der Waals surface area (Å²) in [6, 6.07) is 13.2. The van der Waals surface area contributed by atoms with E-state index in [-0.39, 0.29) is 16.5 Å². The molecule has 0 saturated carbocycles. The number of carbonyl (C=O) groups is 2. The minimum atomic E-state index is -3.65. The van der Waals surface area contributed by atoms with E-state index in [1.165, 1.54) is 31.2 Å². The van der Waals surface area contributed by atoms with Crippen LogP contribution >= 0.6 is 0 Å². The zero-order chi connectivity index (χ0) is 23.5. The fraction of sp³-hybridized carbons (Fsp3) is 0.227. The van der Waals surface area contributed by atoms with Gasteiger partial charge in [0.25, 0.3) is 5.91 Å². The largest absolute Gasteiger partial charge is 0.449 e. The van der Waals surface area contributed by atoms with Crippen molar-refractivity contribution in [3.63, 3.8) is 0 Å². The Morgan fingerprint density at radius 3 is 2.31 bits per heavy atom. The Morgan fingerprint density at radius 2 is 1.66 bits per heavy atom. The maximum absolute atomic E-state index is 12.6. The van der Waals surface area contributed by atoms with Crippen LogP contribution in [0.1, 0.15) is 31.1 Å². The van der Waals surface area contributed by atoms with E-state index in [0.717, 1.165) is 6.07 Å². The molecular weight excluding hydrogens is 434 g/mol. The summed E-state index contributed by atoms with van der Waals surface area (Å²) in [4.78, 5) is 39.6. The Hall–Kier alpha value is -3.50. The third-order valence-electron chi connectivity index (χ3n) is 4.45. The number of esters is 1. The van der Waals surface area contributed by atoms with Gasteiger partial charge in [0.2, 0.25) is 15.6 Å². The third-order valence-corrected chi connectivity index (χ3v) is 6.12. The molecule has 0 bridgehead atoms. The van der Waals surface area contributed by atoms with Gasteiger partial charge in [0, 0.05) is 28.7 Å². The van der Waals surface area contributed by atoms with Crippen LogP contribution in [0, 0.1) is 0 Å². The van der Waals surface area contributed by atoms with Gasteiger partial charge in [-0.3, -0.25) is 9.59 Å². The lowest BCUT2D eigenvalue weighted by atomic mass is 10.1. The summed E-state index contributed by atoms with van der Waals surface area (Å²) in [6.07, 6.45) is -1.16. The van der Waals surface area contributed by atoms with Crippen LogP contribution in [0.4, 0.5) is 5.69 Å². The van der Waals surface area contributed by atoms with E-state index in [0.29, 0.717) is 16.6 Å². The van der Waals surface area contributed by atoms with Crippen molar-refractivity contribution in [2.24, 2.45) is 0 Å². The molecule has 9 nitrogen and oxygen atoms in total. The summed E-state index contributed by atoms with van der Waals surface area (Å²) in [6.45, 7) is 4.82. The highest BCUT2D eigenvalue weighted by molar-refractivity contribution is 7.89. The molecular formula is C22H23N3O6S. The Balaban J connectivity index is 1.69. The molecule has 168 valence electrons. The first-order chi connectivity index (χ1) is 15.1. The van der Waals surface area contributed by atoms with Gasteiger partial charge in [0.15, 0.2) is 6.10 Å². The van der Waals surface area contributed by atoms with Crippen LogP contribution < -0.4 is 15.6 Å². The van der Waals surface area contributed by atoms with Crippen molar-refractivity contribution >= 4 is 38.5 Å². The average Bonchev–Trinajstić information content (AvgIpc) is 2.72. The van der Waals surface area contributed by atoms with Crippen molar-refractivity contribution < 1.29 is 22.7 Å². The monoisotopic (exact) mass is 457 g/mol. The zero-order valence-corrected chi connectivity index (χ0v) is 18.5. The first kappa shape index (κ1) is 23.2. The van der Waals surface area contributed by atoms with Crippen LogP contribution in [0.3, 0.4) is 0 Å². The number of pyridine rings is 1. The average molecular weight is 458 g/mol. The Kier molecular flexibility index (Phi) is 6.75. The molecule has 3 aromatic rings. The number of aromatic nitrogens is 1. The minimum absolute atomic E-state index is 0.0520. The predicted molar refractivity (Wildman–Crippen MR) is 120 cm³/mol. The Bertz CT molecular complexity index is 1310. The Labute approximate surface area is 184 Å². The number of anilines is 1. The number of sulfonamides is 1. The summed E-state index contributed by atoms with van der Waals surface area (Å²) in [5.41, 5.74) is 0.403. The maximum Gasteiger partial charge on any atom is 0.339 e. The predicted octanol–water partition coefficient (Wildman–Crippen LogP) is 2.40. The molecule has 3 rings (SSSR count). The Morgan fingerprint density at radius 1 is 1.00 bits per heavy atom. The second-order valence-electron chi connectivity index (χ2n) is 7.43. The third kappa shape index (κ3) is 5.40. The molecule has 2 aromatic carbocycles. The molecule has 1 heterocycles. The molecule has 0 fully saturated rings. The van der Waals surface area contributed by atoms with E-state index in [1.54, 1.807) is 38.1 Å². The normalized spacial score (nSPS) is 12.5. The summed E-state index contributed by atoms with van der Waals surface area (Å²) < 4.78 is 32.1. The van der Waals surface area contributed by atoms with E-state index in [4.69, 9.17) is 4.74 Å². The topological polar surface area (TPSA) is 134 Å². The van der Waals surface area contributed by atoms with Crippen molar-refractivity contribution in [1.29, 1.82) is 0 Å². The molecule has 0 aliphatic heterocycles. The number of rotatable bonds is 7. The van der Waals surface area contributed by atoms with Gasteiger partial charge in [-0.1, -0.05) is 18.2 Å². The van der Waals surface area contributed by atoms with Gasteiger partial charge in [-0.25, -0.2) is 17.9 Å². The molecule has 10 heteroatoms. The highest BCUT2D eigenvalue weighted by atomic mass is 32.2. The molecule has 0 spiro atoms. The van der Waals surface area contributed by atoms with E-state index in [2.05, 4.69) is 15.0 Å². The van der Waals surface area contributed by atoms with Gasteiger partial charge in [-0.15, -0.1) is 0 Å². The second-order valence-corrected chi connectivity index (χ2v) is 9.14. The first-order valence-corrected chi connectivity index (χ1v) is 11.3. The summed E-state index contributed by atoms with van der Waals surface area (Å²) >= 11 is 0. The molecule has 1 atom stereocenters. The van der Waals surface area contributed by atoms with E-state index >= 15 is 0 Å². The molecule has 32 heavy (non-hydrogen) atoms. The number of H-pyrrole nitrogens is 1. The number of aromatic amines is 1. The van der Waals surface area contributed by atoms with Crippen molar-refractivity contribution in [1.82, 2.24) is 9.71 Å². The molecule has 0 radical (unpaired) electrons. The number of carbonyl (C=O) groups excluding carboxylic acids is 2. The van der Waals surface area contributed by atoms with E-state index in [9.17, 15) is 22.8 Å². The molecule has 1 amide bonds. The van der Waals surface area contributed by atoms with E-state index < -0.39 is 33.6 Å². The molecule has 3 N–H and O–H groups in total. The lowest BCUT2D eigenvalue weighted by Crippen LogP contribution is -2.31. The van der Waals surface area contributed by atoms with Gasteiger partial charge < -0.3 is 15.0 Å². The molecule has 0 aliphatic carbocycles. The number of hydrogen-bond donors (Lipinski definition) is 3. The minimum Gasteiger partial charge on any atom is -0.449 e. The van der Waals surface area contributed by atoms with Gasteiger partial charge in [-0.05, 0) is 51.1 Å². The summed E-state index contributed by atoms with van der Waals surface area (Å²) in [5.74, 6) is -1.42. The fourth-order valence-electron chi connectivity index (χ4n) is 2.99. The number of amides is 1. The summed E-state index contributed by atoms with van der Waals surface area (Å²) in [5, 5.41) is 3.06. The quantitative estimate of drug-likeness (QED) is 0.467. The standard InChI is InChI=1S/C22H23N3O6S/c1-13(2)25-32(29,30)16-10-8-15(9-11-16)23-21(27)14(3)31-22(28)18-12-20(26)24-19-7-5-4-6-17(18)19/h4-14,25H,1-3H3,(H,23,27)(H,24,26)/t14-/m1/s1. The number of para-hydroxylation sites is 1. The number of fused-ring (bicyclic) bond motifs is 1. The van der Waals surface area contributed by atoms with Crippen LogP contribution in [0.15, 0.2) is 64.3 Å². The van der Waals surface area contributed by atoms with Crippen LogP contribution in [0.25, 0.3) is 10.9 Å². The molecule has 1 aromatic heterocycles. The maximum atomic E-state index is 12.6. The number of nitrogens with one attached hydrogen (secondary N) is 3. The van der Waals surface area contributed by atoms with Crippen LogP contribution in [0.5, 0.6) is 0 Å². The smallest absolute Gasteiger partial charge is 0.339 e. The van der Waals surface area contributed by atoms with E-state index in [1.807, 2.05) is 0 Å². The lowest BCUT2D eigenvalue weighted by Gasteiger charge is -2.15. The van der Waals surface area contributed by atoms with Crippen LogP contribution in [0.2, 0.25) is 0 Å². The highest BCUT2D eigenvalue weighted by Gasteiger charge is 2.21. The van der Waals surface area contributed by atoms with Crippen LogP contribution in [-0.2, 0) is 19.6 Å². The van der Waals surface area contributed by atoms with Crippen molar-refractivity contribution in [2.45, 2.75) is 37.8 Å².